The standard InChI is InChI=1S/C12H17FN2.ClH/c13-11-4-2-1-3-10(11)12(14)9-5-7-15-8-6-9;/h1-4,9,12,15H,5-8,14H2;1H/t12-;/m1./s1. The first kappa shape index (κ1) is 13.4. The molecule has 0 amide bonds. The van der Waals surface area contributed by atoms with Crippen molar-refractivity contribution in [2.75, 3.05) is 13.1 Å². The molecule has 3 N–H and O–H groups in total. The summed E-state index contributed by atoms with van der Waals surface area (Å²) in [7, 11) is 0. The first-order valence-corrected chi connectivity index (χ1v) is 5.50. The first-order valence-electron chi connectivity index (χ1n) is 5.50. The van der Waals surface area contributed by atoms with E-state index in [-0.39, 0.29) is 24.3 Å². The number of piperidine rings is 1. The monoisotopic (exact) mass is 244 g/mol. The van der Waals surface area contributed by atoms with Crippen molar-refractivity contribution in [2.45, 2.75) is 18.9 Å². The highest BCUT2D eigenvalue weighted by molar-refractivity contribution is 5.85. The van der Waals surface area contributed by atoms with Crippen molar-refractivity contribution < 1.29 is 4.39 Å². The zero-order valence-corrected chi connectivity index (χ0v) is 9.97. The van der Waals surface area contributed by atoms with E-state index in [2.05, 4.69) is 5.32 Å². The summed E-state index contributed by atoms with van der Waals surface area (Å²) >= 11 is 0. The molecule has 2 nitrogen and oxygen atoms in total. The van der Waals surface area contributed by atoms with Crippen LogP contribution in [0, 0.1) is 11.7 Å². The van der Waals surface area contributed by atoms with Crippen LogP contribution in [0.5, 0.6) is 0 Å². The van der Waals surface area contributed by atoms with Crippen LogP contribution in [0.25, 0.3) is 0 Å². The zero-order chi connectivity index (χ0) is 10.7. The van der Waals surface area contributed by atoms with Crippen molar-refractivity contribution >= 4 is 12.4 Å². The summed E-state index contributed by atoms with van der Waals surface area (Å²) < 4.78 is 13.5. The molecule has 90 valence electrons. The van der Waals surface area contributed by atoms with Crippen LogP contribution in [-0.2, 0) is 0 Å². The van der Waals surface area contributed by atoms with Crippen LogP contribution in [0.2, 0.25) is 0 Å². The van der Waals surface area contributed by atoms with Crippen molar-refractivity contribution in [2.24, 2.45) is 11.7 Å². The smallest absolute Gasteiger partial charge is 0.127 e. The number of nitrogens with two attached hydrogens (primary N) is 1. The Bertz CT molecular complexity index is 327. The molecule has 4 heteroatoms. The lowest BCUT2D eigenvalue weighted by atomic mass is 9.86. The van der Waals surface area contributed by atoms with E-state index in [1.807, 2.05) is 6.07 Å². The van der Waals surface area contributed by atoms with Crippen molar-refractivity contribution in [1.82, 2.24) is 5.32 Å². The number of halogens is 2. The van der Waals surface area contributed by atoms with E-state index in [4.69, 9.17) is 5.73 Å². The van der Waals surface area contributed by atoms with E-state index in [0.29, 0.717) is 11.5 Å². The van der Waals surface area contributed by atoms with Crippen molar-refractivity contribution in [3.05, 3.63) is 35.6 Å². The third-order valence-electron chi connectivity index (χ3n) is 3.16. The van der Waals surface area contributed by atoms with E-state index < -0.39 is 0 Å². The Morgan fingerprint density at radius 2 is 1.88 bits per heavy atom. The van der Waals surface area contributed by atoms with E-state index >= 15 is 0 Å². The second kappa shape index (κ2) is 6.18. The average Bonchev–Trinajstić information content (AvgIpc) is 2.30. The third-order valence-corrected chi connectivity index (χ3v) is 3.16. The molecule has 1 heterocycles. The summed E-state index contributed by atoms with van der Waals surface area (Å²) in [5.74, 6) is 0.228. The van der Waals surface area contributed by atoms with Crippen LogP contribution in [-0.4, -0.2) is 13.1 Å². The molecule has 0 aliphatic carbocycles. The Labute approximate surface area is 102 Å². The summed E-state index contributed by atoms with van der Waals surface area (Å²) in [5, 5.41) is 3.29. The predicted octanol–water partition coefficient (Wildman–Crippen LogP) is 2.25. The number of rotatable bonds is 2. The Hall–Kier alpha value is -0.640. The minimum absolute atomic E-state index is 0. The second-order valence-corrected chi connectivity index (χ2v) is 4.13. The predicted molar refractivity (Wildman–Crippen MR) is 66.2 cm³/mol. The average molecular weight is 245 g/mol. The van der Waals surface area contributed by atoms with Crippen molar-refractivity contribution in [3.63, 3.8) is 0 Å². The maximum absolute atomic E-state index is 13.5. The largest absolute Gasteiger partial charge is 0.324 e. The molecule has 0 aromatic heterocycles. The van der Waals surface area contributed by atoms with Gasteiger partial charge in [0.15, 0.2) is 0 Å². The minimum Gasteiger partial charge on any atom is -0.324 e. The Kier molecular flexibility index (Phi) is 5.19. The van der Waals surface area contributed by atoms with Gasteiger partial charge in [-0.25, -0.2) is 4.39 Å². The van der Waals surface area contributed by atoms with Gasteiger partial charge < -0.3 is 11.1 Å². The lowest BCUT2D eigenvalue weighted by Gasteiger charge is -2.28. The van der Waals surface area contributed by atoms with Crippen LogP contribution in [0.15, 0.2) is 24.3 Å². The first-order chi connectivity index (χ1) is 7.29. The van der Waals surface area contributed by atoms with Gasteiger partial charge in [-0.05, 0) is 37.9 Å². The van der Waals surface area contributed by atoms with Crippen LogP contribution in [0.4, 0.5) is 4.39 Å². The molecule has 1 aliphatic heterocycles. The summed E-state index contributed by atoms with van der Waals surface area (Å²) in [6.07, 6.45) is 2.07. The zero-order valence-electron chi connectivity index (χ0n) is 9.16. The van der Waals surface area contributed by atoms with E-state index in [1.165, 1.54) is 6.07 Å². The molecule has 0 radical (unpaired) electrons. The molecule has 1 saturated heterocycles. The number of benzene rings is 1. The number of hydrogen-bond donors (Lipinski definition) is 2. The molecule has 16 heavy (non-hydrogen) atoms. The fourth-order valence-corrected chi connectivity index (χ4v) is 2.20. The van der Waals surface area contributed by atoms with Crippen LogP contribution < -0.4 is 11.1 Å². The summed E-state index contributed by atoms with van der Waals surface area (Å²) in [5.41, 5.74) is 6.76. The highest BCUT2D eigenvalue weighted by Crippen LogP contribution is 2.27. The molecule has 1 fully saturated rings. The van der Waals surface area contributed by atoms with Gasteiger partial charge in [0.25, 0.3) is 0 Å². The molecule has 1 aliphatic rings. The molecule has 0 unspecified atom stereocenters. The lowest BCUT2D eigenvalue weighted by molar-refractivity contribution is 0.317. The van der Waals surface area contributed by atoms with Crippen molar-refractivity contribution in [1.29, 1.82) is 0 Å². The quantitative estimate of drug-likeness (QED) is 0.838. The SMILES string of the molecule is Cl.N[C@@H](c1ccccc1F)C1CCNCC1. The van der Waals surface area contributed by atoms with Gasteiger partial charge in [0.05, 0.1) is 0 Å². The summed E-state index contributed by atoms with van der Waals surface area (Å²) in [6.45, 7) is 1.99. The van der Waals surface area contributed by atoms with E-state index in [9.17, 15) is 4.39 Å². The van der Waals surface area contributed by atoms with Crippen LogP contribution >= 0.6 is 12.4 Å². The van der Waals surface area contributed by atoms with E-state index in [0.717, 1.165) is 25.9 Å². The van der Waals surface area contributed by atoms with E-state index in [1.54, 1.807) is 12.1 Å². The minimum atomic E-state index is -0.177. The normalized spacial score (nSPS) is 18.9. The van der Waals surface area contributed by atoms with Gasteiger partial charge >= 0.3 is 0 Å². The Morgan fingerprint density at radius 3 is 2.50 bits per heavy atom. The Balaban J connectivity index is 0.00000128. The molecular formula is C12H18ClFN2. The van der Waals surface area contributed by atoms with Gasteiger partial charge in [-0.1, -0.05) is 18.2 Å². The molecule has 0 spiro atoms. The van der Waals surface area contributed by atoms with Gasteiger partial charge in [-0.3, -0.25) is 0 Å². The summed E-state index contributed by atoms with van der Waals surface area (Å²) in [6, 6.07) is 6.67. The fraction of sp³-hybridized carbons (Fsp3) is 0.500. The number of hydrogen-bond acceptors (Lipinski definition) is 2. The van der Waals surface area contributed by atoms with Gasteiger partial charge in [0.1, 0.15) is 5.82 Å². The van der Waals surface area contributed by atoms with Gasteiger partial charge in [-0.2, -0.15) is 0 Å². The highest BCUT2D eigenvalue weighted by Gasteiger charge is 2.23. The van der Waals surface area contributed by atoms with Crippen LogP contribution in [0.1, 0.15) is 24.4 Å². The molecule has 0 bridgehead atoms. The third kappa shape index (κ3) is 2.94. The molecule has 2 rings (SSSR count). The fourth-order valence-electron chi connectivity index (χ4n) is 2.20. The van der Waals surface area contributed by atoms with Crippen LogP contribution in [0.3, 0.4) is 0 Å². The number of nitrogens with one attached hydrogen (secondary N) is 1. The molecule has 1 aromatic carbocycles. The molecular weight excluding hydrogens is 227 g/mol. The van der Waals surface area contributed by atoms with Gasteiger partial charge in [-0.15, -0.1) is 12.4 Å². The molecule has 1 atom stereocenters. The van der Waals surface area contributed by atoms with Gasteiger partial charge in [0.2, 0.25) is 0 Å². The topological polar surface area (TPSA) is 38.0 Å². The lowest BCUT2D eigenvalue weighted by Crippen LogP contribution is -2.34. The summed E-state index contributed by atoms with van der Waals surface area (Å²) in [4.78, 5) is 0. The molecule has 1 aromatic rings. The Morgan fingerprint density at radius 1 is 1.25 bits per heavy atom. The maximum atomic E-state index is 13.5. The molecule has 0 saturated carbocycles. The maximum Gasteiger partial charge on any atom is 0.127 e. The van der Waals surface area contributed by atoms with Crippen molar-refractivity contribution in [3.8, 4) is 0 Å². The highest BCUT2D eigenvalue weighted by atomic mass is 35.5. The van der Waals surface area contributed by atoms with Gasteiger partial charge in [0, 0.05) is 11.6 Å². The second-order valence-electron chi connectivity index (χ2n) is 4.13.